The Balaban J connectivity index is 1.83. The van der Waals surface area contributed by atoms with Gasteiger partial charge in [0.25, 0.3) is 0 Å². The van der Waals surface area contributed by atoms with Crippen molar-refractivity contribution < 1.29 is 13.9 Å². The molecule has 3 heteroatoms. The second kappa shape index (κ2) is 5.84. The molecule has 1 aliphatic carbocycles. The Morgan fingerprint density at radius 2 is 1.86 bits per heavy atom. The maximum absolute atomic E-state index is 13.6. The zero-order valence-electron chi connectivity index (χ0n) is 12.1. The monoisotopic (exact) mass is 286 g/mol. The third-order valence-electron chi connectivity index (χ3n) is 4.32. The maximum Gasteiger partial charge on any atom is 0.153 e. The minimum Gasteiger partial charge on any atom is -0.490 e. The first-order chi connectivity index (χ1) is 10.2. The van der Waals surface area contributed by atoms with Gasteiger partial charge >= 0.3 is 0 Å². The van der Waals surface area contributed by atoms with E-state index < -0.39 is 5.82 Å². The molecule has 1 saturated carbocycles. The van der Waals surface area contributed by atoms with Crippen molar-refractivity contribution >= 4 is 17.1 Å². The number of aldehydes is 1. The second-order valence-corrected chi connectivity index (χ2v) is 6.00. The van der Waals surface area contributed by atoms with Gasteiger partial charge in [-0.05, 0) is 66.6 Å². The van der Waals surface area contributed by atoms with Gasteiger partial charge < -0.3 is 4.74 Å². The van der Waals surface area contributed by atoms with E-state index in [1.807, 2.05) is 18.2 Å². The molecule has 1 aliphatic rings. The summed E-state index contributed by atoms with van der Waals surface area (Å²) < 4.78 is 19.6. The molecule has 2 aromatic rings. The molecule has 0 amide bonds. The van der Waals surface area contributed by atoms with Crippen molar-refractivity contribution in [2.75, 3.05) is 0 Å². The predicted molar refractivity (Wildman–Crippen MR) is 81.3 cm³/mol. The van der Waals surface area contributed by atoms with E-state index in [1.165, 1.54) is 18.9 Å². The number of benzene rings is 2. The average molecular weight is 286 g/mol. The number of ether oxygens (including phenoxy) is 1. The fraction of sp³-hybridized carbons (Fsp3) is 0.389. The maximum atomic E-state index is 13.6. The molecule has 0 N–H and O–H groups in total. The summed E-state index contributed by atoms with van der Waals surface area (Å²) in [4.78, 5) is 10.8. The van der Waals surface area contributed by atoms with Crippen LogP contribution in [0, 0.1) is 11.7 Å². The molecule has 110 valence electrons. The van der Waals surface area contributed by atoms with Gasteiger partial charge in [0.1, 0.15) is 11.6 Å². The van der Waals surface area contributed by atoms with Crippen molar-refractivity contribution in [1.29, 1.82) is 0 Å². The van der Waals surface area contributed by atoms with Gasteiger partial charge in [0, 0.05) is 0 Å². The Hall–Kier alpha value is -1.90. The van der Waals surface area contributed by atoms with E-state index in [0.29, 0.717) is 6.29 Å². The van der Waals surface area contributed by atoms with Crippen LogP contribution in [0.4, 0.5) is 4.39 Å². The van der Waals surface area contributed by atoms with Crippen LogP contribution in [0.5, 0.6) is 5.75 Å². The highest BCUT2D eigenvalue weighted by atomic mass is 19.1. The highest BCUT2D eigenvalue weighted by Crippen LogP contribution is 2.29. The van der Waals surface area contributed by atoms with Gasteiger partial charge in [-0.25, -0.2) is 4.39 Å². The number of fused-ring (bicyclic) bond motifs is 1. The molecule has 0 unspecified atom stereocenters. The standard InChI is InChI=1S/C18H19FO2/c1-12-2-5-16(6-3-12)21-17-7-4-13-10-18(19)15(11-20)8-14(13)9-17/h4,7-12,16H,2-3,5-6H2,1H3/t12-,16+. The van der Waals surface area contributed by atoms with Gasteiger partial charge in [0.2, 0.25) is 0 Å². The van der Waals surface area contributed by atoms with Crippen LogP contribution in [0.1, 0.15) is 43.0 Å². The minimum atomic E-state index is -0.479. The van der Waals surface area contributed by atoms with E-state index in [0.717, 1.165) is 35.3 Å². The summed E-state index contributed by atoms with van der Waals surface area (Å²) >= 11 is 0. The first-order valence-electron chi connectivity index (χ1n) is 7.51. The zero-order chi connectivity index (χ0) is 14.8. The van der Waals surface area contributed by atoms with Crippen molar-refractivity contribution in [3.63, 3.8) is 0 Å². The Morgan fingerprint density at radius 3 is 2.57 bits per heavy atom. The van der Waals surface area contributed by atoms with E-state index >= 15 is 0 Å². The lowest BCUT2D eigenvalue weighted by molar-refractivity contribution is 0.112. The van der Waals surface area contributed by atoms with Crippen LogP contribution in [0.25, 0.3) is 10.8 Å². The second-order valence-electron chi connectivity index (χ2n) is 6.00. The normalized spacial score (nSPS) is 22.2. The predicted octanol–water partition coefficient (Wildman–Crippen LogP) is 4.75. The summed E-state index contributed by atoms with van der Waals surface area (Å²) in [6.07, 6.45) is 5.40. The first kappa shape index (κ1) is 14.1. The lowest BCUT2D eigenvalue weighted by atomic mass is 9.89. The molecule has 0 atom stereocenters. The molecule has 0 heterocycles. The summed E-state index contributed by atoms with van der Waals surface area (Å²) in [6.45, 7) is 2.28. The Labute approximate surface area is 123 Å². The summed E-state index contributed by atoms with van der Waals surface area (Å²) in [5, 5.41) is 1.61. The molecule has 2 aromatic carbocycles. The average Bonchev–Trinajstić information content (AvgIpc) is 2.49. The van der Waals surface area contributed by atoms with Crippen molar-refractivity contribution in [3.05, 3.63) is 41.7 Å². The molecule has 0 spiro atoms. The molecular formula is C18H19FO2. The fourth-order valence-electron chi connectivity index (χ4n) is 2.97. The van der Waals surface area contributed by atoms with Crippen molar-refractivity contribution in [2.45, 2.75) is 38.7 Å². The number of carbonyl (C=O) groups is 1. The SMILES string of the molecule is C[C@H]1CC[C@@H](Oc2ccc3cc(F)c(C=O)cc3c2)CC1. The van der Waals surface area contributed by atoms with Crippen molar-refractivity contribution in [1.82, 2.24) is 0 Å². The highest BCUT2D eigenvalue weighted by molar-refractivity contribution is 5.90. The van der Waals surface area contributed by atoms with Crippen molar-refractivity contribution in [3.8, 4) is 5.75 Å². The summed E-state index contributed by atoms with van der Waals surface area (Å²) in [6, 6.07) is 8.58. The van der Waals surface area contributed by atoms with E-state index in [1.54, 1.807) is 6.07 Å². The third-order valence-corrected chi connectivity index (χ3v) is 4.32. The van der Waals surface area contributed by atoms with Crippen LogP contribution in [0.15, 0.2) is 30.3 Å². The van der Waals surface area contributed by atoms with Crippen LogP contribution < -0.4 is 4.74 Å². The topological polar surface area (TPSA) is 26.3 Å². The number of halogens is 1. The molecule has 1 fully saturated rings. The van der Waals surface area contributed by atoms with Gasteiger partial charge in [0.05, 0.1) is 11.7 Å². The summed E-state index contributed by atoms with van der Waals surface area (Å²) in [5.74, 6) is 1.11. The van der Waals surface area contributed by atoms with Gasteiger partial charge in [-0.15, -0.1) is 0 Å². The van der Waals surface area contributed by atoms with Crippen molar-refractivity contribution in [2.24, 2.45) is 5.92 Å². The van der Waals surface area contributed by atoms with E-state index in [-0.39, 0.29) is 11.7 Å². The van der Waals surface area contributed by atoms with Crippen LogP contribution in [0.3, 0.4) is 0 Å². The molecule has 2 nitrogen and oxygen atoms in total. The lowest BCUT2D eigenvalue weighted by Gasteiger charge is -2.27. The highest BCUT2D eigenvalue weighted by Gasteiger charge is 2.19. The van der Waals surface area contributed by atoms with Gasteiger partial charge in [-0.2, -0.15) is 0 Å². The first-order valence-corrected chi connectivity index (χ1v) is 7.51. The number of hydrogen-bond donors (Lipinski definition) is 0. The van der Waals surface area contributed by atoms with E-state index in [9.17, 15) is 9.18 Å². The number of carbonyl (C=O) groups excluding carboxylic acids is 1. The van der Waals surface area contributed by atoms with Crippen LogP contribution in [0.2, 0.25) is 0 Å². The van der Waals surface area contributed by atoms with E-state index in [2.05, 4.69) is 6.92 Å². The van der Waals surface area contributed by atoms with Crippen LogP contribution >= 0.6 is 0 Å². The molecule has 0 aliphatic heterocycles. The molecule has 0 aromatic heterocycles. The zero-order valence-corrected chi connectivity index (χ0v) is 12.1. The van der Waals surface area contributed by atoms with Gasteiger partial charge in [0.15, 0.2) is 6.29 Å². The molecule has 3 rings (SSSR count). The smallest absolute Gasteiger partial charge is 0.153 e. The Morgan fingerprint density at radius 1 is 1.10 bits per heavy atom. The Kier molecular flexibility index (Phi) is 3.91. The molecule has 0 saturated heterocycles. The lowest BCUT2D eigenvalue weighted by Crippen LogP contribution is -2.22. The number of rotatable bonds is 3. The van der Waals surface area contributed by atoms with E-state index in [4.69, 9.17) is 4.74 Å². The van der Waals surface area contributed by atoms with Crippen LogP contribution in [-0.2, 0) is 0 Å². The molecular weight excluding hydrogens is 267 g/mol. The molecule has 0 radical (unpaired) electrons. The summed E-state index contributed by atoms with van der Waals surface area (Å²) in [5.41, 5.74) is 0.0890. The molecule has 0 bridgehead atoms. The fourth-order valence-corrected chi connectivity index (χ4v) is 2.97. The largest absolute Gasteiger partial charge is 0.490 e. The quantitative estimate of drug-likeness (QED) is 0.761. The van der Waals surface area contributed by atoms with Gasteiger partial charge in [-0.3, -0.25) is 4.79 Å². The minimum absolute atomic E-state index is 0.0890. The van der Waals surface area contributed by atoms with Crippen LogP contribution in [-0.4, -0.2) is 12.4 Å². The number of hydrogen-bond acceptors (Lipinski definition) is 2. The third kappa shape index (κ3) is 3.07. The Bertz CT molecular complexity index is 658. The molecule has 21 heavy (non-hydrogen) atoms. The summed E-state index contributed by atoms with van der Waals surface area (Å²) in [7, 11) is 0. The van der Waals surface area contributed by atoms with Gasteiger partial charge in [-0.1, -0.05) is 13.0 Å².